The van der Waals surface area contributed by atoms with E-state index in [2.05, 4.69) is 32.7 Å². The molecule has 23 heavy (non-hydrogen) atoms. The summed E-state index contributed by atoms with van der Waals surface area (Å²) in [6.45, 7) is 2.98. The summed E-state index contributed by atoms with van der Waals surface area (Å²) < 4.78 is 0. The molecule has 0 bridgehead atoms. The first-order valence-electron chi connectivity index (χ1n) is 8.25. The molecule has 3 N–H and O–H groups in total. The van der Waals surface area contributed by atoms with Gasteiger partial charge in [0.25, 0.3) is 0 Å². The predicted molar refractivity (Wildman–Crippen MR) is 87.0 cm³/mol. The van der Waals surface area contributed by atoms with E-state index < -0.39 is 0 Å². The highest BCUT2D eigenvalue weighted by Crippen LogP contribution is 2.36. The molecule has 1 aliphatic heterocycles. The number of carbonyl (C=O) groups is 1. The third-order valence-corrected chi connectivity index (χ3v) is 5.04. The average molecular weight is 311 g/mol. The van der Waals surface area contributed by atoms with Gasteiger partial charge in [-0.25, -0.2) is 4.98 Å². The van der Waals surface area contributed by atoms with Gasteiger partial charge in [-0.2, -0.15) is 5.10 Å². The second-order valence-electron chi connectivity index (χ2n) is 6.52. The van der Waals surface area contributed by atoms with Crippen LogP contribution in [-0.2, 0) is 11.2 Å². The molecule has 0 saturated heterocycles. The van der Waals surface area contributed by atoms with Gasteiger partial charge in [0.2, 0.25) is 5.91 Å². The molecule has 4 rings (SSSR count). The molecule has 6 heteroatoms. The number of aromatic amines is 1. The van der Waals surface area contributed by atoms with Crippen LogP contribution in [0.2, 0.25) is 0 Å². The van der Waals surface area contributed by atoms with Crippen molar-refractivity contribution in [3.8, 4) is 0 Å². The van der Waals surface area contributed by atoms with Gasteiger partial charge in [-0.05, 0) is 31.2 Å². The summed E-state index contributed by atoms with van der Waals surface area (Å²) in [4.78, 5) is 17.3. The molecule has 2 aliphatic rings. The van der Waals surface area contributed by atoms with Gasteiger partial charge in [0.05, 0.1) is 18.2 Å². The van der Waals surface area contributed by atoms with Crippen LogP contribution in [0.4, 0.5) is 5.82 Å². The van der Waals surface area contributed by atoms with Crippen molar-refractivity contribution in [2.75, 3.05) is 11.9 Å². The summed E-state index contributed by atoms with van der Waals surface area (Å²) >= 11 is 0. The van der Waals surface area contributed by atoms with Gasteiger partial charge >= 0.3 is 0 Å². The predicted octanol–water partition coefficient (Wildman–Crippen LogP) is 2.14. The topological polar surface area (TPSA) is 82.7 Å². The largest absolute Gasteiger partial charge is 0.370 e. The summed E-state index contributed by atoms with van der Waals surface area (Å²) in [6.07, 6.45) is 6.45. The van der Waals surface area contributed by atoms with Crippen LogP contribution in [-0.4, -0.2) is 27.6 Å². The Kier molecular flexibility index (Phi) is 3.52. The Morgan fingerprint density at radius 1 is 1.35 bits per heavy atom. The van der Waals surface area contributed by atoms with E-state index in [1.807, 2.05) is 18.3 Å². The van der Waals surface area contributed by atoms with Crippen LogP contribution in [0.25, 0.3) is 0 Å². The van der Waals surface area contributed by atoms with Gasteiger partial charge < -0.3 is 10.6 Å². The molecule has 0 radical (unpaired) electrons. The number of pyridine rings is 1. The Morgan fingerprint density at radius 3 is 3.17 bits per heavy atom. The number of amides is 1. The van der Waals surface area contributed by atoms with Gasteiger partial charge in [-0.1, -0.05) is 13.0 Å². The van der Waals surface area contributed by atoms with E-state index in [1.54, 1.807) is 6.20 Å². The lowest BCUT2D eigenvalue weighted by atomic mass is 9.78. The van der Waals surface area contributed by atoms with Crippen LogP contribution in [0.3, 0.4) is 0 Å². The van der Waals surface area contributed by atoms with Crippen LogP contribution >= 0.6 is 0 Å². The van der Waals surface area contributed by atoms with Crippen molar-refractivity contribution in [1.29, 1.82) is 0 Å². The Bertz CT molecular complexity index is 725. The number of anilines is 1. The molecule has 1 aliphatic carbocycles. The molecule has 3 atom stereocenters. The normalized spacial score (nSPS) is 25.9. The number of rotatable bonds is 2. The van der Waals surface area contributed by atoms with E-state index in [9.17, 15) is 4.79 Å². The molecule has 2 aromatic heterocycles. The minimum absolute atomic E-state index is 0.0249. The van der Waals surface area contributed by atoms with Gasteiger partial charge in [-0.15, -0.1) is 0 Å². The Balaban J connectivity index is 1.58. The fourth-order valence-electron chi connectivity index (χ4n) is 3.78. The lowest BCUT2D eigenvalue weighted by Gasteiger charge is -2.31. The quantitative estimate of drug-likeness (QED) is 0.793. The summed E-state index contributed by atoms with van der Waals surface area (Å²) in [5.74, 6) is 1.19. The smallest absolute Gasteiger partial charge is 0.228 e. The van der Waals surface area contributed by atoms with Crippen molar-refractivity contribution in [2.45, 2.75) is 38.1 Å². The number of nitrogens with zero attached hydrogens (tertiary/aromatic N) is 2. The number of hydrogen-bond acceptors (Lipinski definition) is 4. The number of nitrogens with one attached hydrogen (secondary N) is 3. The highest BCUT2D eigenvalue weighted by atomic mass is 16.2. The van der Waals surface area contributed by atoms with Gasteiger partial charge in [0, 0.05) is 29.6 Å². The Labute approximate surface area is 135 Å². The standard InChI is InChI=1S/C17H21N5O/c1-10-4-5-14-12(9-20-22-14)15(10)17(23)21-13-6-8-19-16-11(13)3-2-7-18-16/h2-3,7,9-10,13,15H,4-6,8H2,1H3,(H,18,19)(H,20,22)(H,21,23). The van der Waals surface area contributed by atoms with E-state index >= 15 is 0 Å². The van der Waals surface area contributed by atoms with Crippen molar-refractivity contribution in [3.63, 3.8) is 0 Å². The zero-order valence-electron chi connectivity index (χ0n) is 13.2. The lowest BCUT2D eigenvalue weighted by molar-refractivity contribution is -0.124. The molecule has 6 nitrogen and oxygen atoms in total. The minimum atomic E-state index is -0.118. The number of hydrogen-bond donors (Lipinski definition) is 3. The molecule has 1 amide bonds. The number of H-pyrrole nitrogens is 1. The first-order chi connectivity index (χ1) is 11.2. The maximum Gasteiger partial charge on any atom is 0.228 e. The molecule has 120 valence electrons. The third-order valence-electron chi connectivity index (χ3n) is 5.04. The summed E-state index contributed by atoms with van der Waals surface area (Å²) in [5, 5.41) is 13.7. The molecular weight excluding hydrogens is 290 g/mol. The van der Waals surface area contributed by atoms with Crippen LogP contribution in [0.5, 0.6) is 0 Å². The Hall–Kier alpha value is -2.37. The third kappa shape index (κ3) is 2.48. The van der Waals surface area contributed by atoms with E-state index in [4.69, 9.17) is 0 Å². The average Bonchev–Trinajstić information content (AvgIpc) is 3.03. The zero-order valence-corrected chi connectivity index (χ0v) is 13.2. The van der Waals surface area contributed by atoms with Crippen molar-refractivity contribution in [3.05, 3.63) is 41.3 Å². The second-order valence-corrected chi connectivity index (χ2v) is 6.52. The number of aromatic nitrogens is 3. The van der Waals surface area contributed by atoms with E-state index in [-0.39, 0.29) is 17.9 Å². The van der Waals surface area contributed by atoms with E-state index in [0.717, 1.165) is 48.4 Å². The molecule has 0 aromatic carbocycles. The minimum Gasteiger partial charge on any atom is -0.370 e. The monoisotopic (exact) mass is 311 g/mol. The highest BCUT2D eigenvalue weighted by Gasteiger charge is 2.35. The number of carbonyl (C=O) groups excluding carboxylic acids is 1. The number of aryl methyl sites for hydroxylation is 1. The fraction of sp³-hybridized carbons (Fsp3) is 0.471. The SMILES string of the molecule is CC1CCc2[nH]ncc2C1C(=O)NC1CCNc2ncccc21. The molecular formula is C17H21N5O. The maximum atomic E-state index is 13.0. The molecule has 0 saturated carbocycles. The van der Waals surface area contributed by atoms with Crippen LogP contribution in [0.1, 0.15) is 48.5 Å². The molecule has 3 unspecified atom stereocenters. The van der Waals surface area contributed by atoms with Gasteiger partial charge in [-0.3, -0.25) is 9.89 Å². The van der Waals surface area contributed by atoms with Crippen LogP contribution in [0, 0.1) is 5.92 Å². The first kappa shape index (κ1) is 14.2. The number of fused-ring (bicyclic) bond motifs is 2. The summed E-state index contributed by atoms with van der Waals surface area (Å²) in [5.41, 5.74) is 3.24. The van der Waals surface area contributed by atoms with Crippen LogP contribution in [0.15, 0.2) is 24.5 Å². The van der Waals surface area contributed by atoms with Crippen molar-refractivity contribution in [1.82, 2.24) is 20.5 Å². The van der Waals surface area contributed by atoms with Gasteiger partial charge in [0.1, 0.15) is 5.82 Å². The van der Waals surface area contributed by atoms with Crippen molar-refractivity contribution < 1.29 is 4.79 Å². The van der Waals surface area contributed by atoms with Gasteiger partial charge in [0.15, 0.2) is 0 Å². The molecule has 2 aromatic rings. The second kappa shape index (κ2) is 5.68. The molecule has 0 spiro atoms. The van der Waals surface area contributed by atoms with E-state index in [1.165, 1.54) is 0 Å². The summed E-state index contributed by atoms with van der Waals surface area (Å²) in [6, 6.07) is 3.98. The molecule has 0 fully saturated rings. The van der Waals surface area contributed by atoms with Crippen LogP contribution < -0.4 is 10.6 Å². The fourth-order valence-corrected chi connectivity index (χ4v) is 3.78. The maximum absolute atomic E-state index is 13.0. The molecule has 3 heterocycles. The van der Waals surface area contributed by atoms with Crippen molar-refractivity contribution in [2.24, 2.45) is 5.92 Å². The Morgan fingerprint density at radius 2 is 2.26 bits per heavy atom. The highest BCUT2D eigenvalue weighted by molar-refractivity contribution is 5.85. The lowest BCUT2D eigenvalue weighted by Crippen LogP contribution is -2.39. The summed E-state index contributed by atoms with van der Waals surface area (Å²) in [7, 11) is 0. The van der Waals surface area contributed by atoms with Crippen molar-refractivity contribution >= 4 is 11.7 Å². The zero-order chi connectivity index (χ0) is 15.8. The van der Waals surface area contributed by atoms with E-state index in [0.29, 0.717) is 5.92 Å². The first-order valence-corrected chi connectivity index (χ1v) is 8.25.